The molecule has 0 bridgehead atoms. The Balaban J connectivity index is 1.62. The van der Waals surface area contributed by atoms with Crippen molar-refractivity contribution < 1.29 is 19.4 Å². The molecule has 1 heterocycles. The third-order valence-electron chi connectivity index (χ3n) is 3.65. The van der Waals surface area contributed by atoms with Crippen molar-refractivity contribution in [2.45, 2.75) is 6.92 Å². The van der Waals surface area contributed by atoms with E-state index in [4.69, 9.17) is 4.74 Å². The molecule has 6 heteroatoms. The fourth-order valence-electron chi connectivity index (χ4n) is 2.35. The molecule has 25 heavy (non-hydrogen) atoms. The number of imide groups is 1. The van der Waals surface area contributed by atoms with Gasteiger partial charge in [0.15, 0.2) is 0 Å². The number of benzene rings is 2. The van der Waals surface area contributed by atoms with Gasteiger partial charge in [-0.15, -0.1) is 0 Å². The third kappa shape index (κ3) is 4.22. The molecular weight excluding hydrogens is 338 g/mol. The quantitative estimate of drug-likeness (QED) is 0.826. The molecule has 3 rings (SSSR count). The summed E-state index contributed by atoms with van der Waals surface area (Å²) < 4.78 is 5.58. The van der Waals surface area contributed by atoms with Crippen LogP contribution < -0.4 is 4.74 Å². The Morgan fingerprint density at radius 3 is 2.64 bits per heavy atom. The average Bonchev–Trinajstić information content (AvgIpc) is 2.84. The standard InChI is InChI=1S/C19H17NO4S/c1-13-5-7-16(8-6-13)24-10-9-20-18(22)17(25-19(20)23)12-14-3-2-4-15(21)11-14/h2-8,11-12,21H,9-10H2,1H3/b17-12-. The number of amides is 2. The number of hydrogen-bond acceptors (Lipinski definition) is 5. The first-order valence-electron chi connectivity index (χ1n) is 7.77. The second-order valence-electron chi connectivity index (χ2n) is 5.59. The Hall–Kier alpha value is -2.73. The number of thioether (sulfide) groups is 1. The molecule has 1 saturated heterocycles. The summed E-state index contributed by atoms with van der Waals surface area (Å²) in [4.78, 5) is 26.0. The molecule has 128 valence electrons. The highest BCUT2D eigenvalue weighted by Gasteiger charge is 2.34. The molecule has 2 aromatic rings. The van der Waals surface area contributed by atoms with Crippen LogP contribution in [-0.4, -0.2) is 34.3 Å². The molecule has 5 nitrogen and oxygen atoms in total. The predicted molar refractivity (Wildman–Crippen MR) is 97.5 cm³/mol. The van der Waals surface area contributed by atoms with Crippen molar-refractivity contribution in [2.24, 2.45) is 0 Å². The summed E-state index contributed by atoms with van der Waals surface area (Å²) in [6.45, 7) is 2.42. The SMILES string of the molecule is Cc1ccc(OCCN2C(=O)S/C(=C\c3cccc(O)c3)C2=O)cc1. The van der Waals surface area contributed by atoms with Crippen molar-refractivity contribution >= 4 is 29.0 Å². The summed E-state index contributed by atoms with van der Waals surface area (Å²) in [5, 5.41) is 9.17. The highest BCUT2D eigenvalue weighted by molar-refractivity contribution is 8.18. The van der Waals surface area contributed by atoms with Crippen LogP contribution in [0.5, 0.6) is 11.5 Å². The van der Waals surface area contributed by atoms with Crippen LogP contribution in [0.1, 0.15) is 11.1 Å². The molecule has 0 aliphatic carbocycles. The van der Waals surface area contributed by atoms with Crippen LogP contribution in [0.15, 0.2) is 53.4 Å². The van der Waals surface area contributed by atoms with E-state index in [1.165, 1.54) is 11.0 Å². The second kappa shape index (κ2) is 7.44. The Morgan fingerprint density at radius 2 is 1.92 bits per heavy atom. The van der Waals surface area contributed by atoms with Gasteiger partial charge in [-0.25, -0.2) is 0 Å². The van der Waals surface area contributed by atoms with Crippen molar-refractivity contribution in [1.29, 1.82) is 0 Å². The van der Waals surface area contributed by atoms with Crippen LogP contribution in [-0.2, 0) is 4.79 Å². The number of phenolic OH excluding ortho intramolecular Hbond substituents is 1. The van der Waals surface area contributed by atoms with E-state index in [2.05, 4.69) is 0 Å². The van der Waals surface area contributed by atoms with E-state index >= 15 is 0 Å². The van der Waals surface area contributed by atoms with Crippen LogP contribution in [0.2, 0.25) is 0 Å². The van der Waals surface area contributed by atoms with E-state index in [0.29, 0.717) is 16.2 Å². The molecule has 0 spiro atoms. The zero-order valence-corrected chi connectivity index (χ0v) is 14.5. The zero-order valence-electron chi connectivity index (χ0n) is 13.6. The normalized spacial score (nSPS) is 15.9. The van der Waals surface area contributed by atoms with Crippen molar-refractivity contribution in [3.8, 4) is 11.5 Å². The van der Waals surface area contributed by atoms with Crippen molar-refractivity contribution in [3.63, 3.8) is 0 Å². The number of rotatable bonds is 5. The molecule has 1 aliphatic heterocycles. The molecule has 1 aliphatic rings. The van der Waals surface area contributed by atoms with Crippen molar-refractivity contribution in [1.82, 2.24) is 4.90 Å². The summed E-state index contributed by atoms with van der Waals surface area (Å²) in [5.41, 5.74) is 1.80. The van der Waals surface area contributed by atoms with E-state index in [1.807, 2.05) is 31.2 Å². The molecule has 2 amide bonds. The lowest BCUT2D eigenvalue weighted by Crippen LogP contribution is -2.32. The number of carbonyl (C=O) groups is 2. The number of aryl methyl sites for hydroxylation is 1. The van der Waals surface area contributed by atoms with Gasteiger partial charge >= 0.3 is 0 Å². The first-order valence-corrected chi connectivity index (χ1v) is 8.58. The summed E-state index contributed by atoms with van der Waals surface area (Å²) in [5.74, 6) is 0.471. The number of phenols is 1. The van der Waals surface area contributed by atoms with E-state index in [-0.39, 0.29) is 30.0 Å². The summed E-state index contributed by atoms with van der Waals surface area (Å²) in [6, 6.07) is 14.1. The highest BCUT2D eigenvalue weighted by atomic mass is 32.2. The number of ether oxygens (including phenoxy) is 1. The van der Waals surface area contributed by atoms with Crippen LogP contribution in [0.25, 0.3) is 6.08 Å². The van der Waals surface area contributed by atoms with Gasteiger partial charge in [0.05, 0.1) is 11.4 Å². The molecule has 0 radical (unpaired) electrons. The minimum absolute atomic E-state index is 0.111. The minimum Gasteiger partial charge on any atom is -0.508 e. The summed E-state index contributed by atoms with van der Waals surface area (Å²) in [6.07, 6.45) is 1.60. The van der Waals surface area contributed by atoms with E-state index in [1.54, 1.807) is 24.3 Å². The minimum atomic E-state index is -0.342. The Bertz CT molecular complexity index is 830. The summed E-state index contributed by atoms with van der Waals surface area (Å²) in [7, 11) is 0. The molecule has 2 aromatic carbocycles. The lowest BCUT2D eigenvalue weighted by molar-refractivity contribution is -0.123. The van der Waals surface area contributed by atoms with Gasteiger partial charge in [-0.3, -0.25) is 14.5 Å². The van der Waals surface area contributed by atoms with Crippen molar-refractivity contribution in [2.75, 3.05) is 13.2 Å². The largest absolute Gasteiger partial charge is 0.508 e. The first kappa shape index (κ1) is 17.1. The third-order valence-corrected chi connectivity index (χ3v) is 4.55. The maximum atomic E-state index is 12.4. The van der Waals surface area contributed by atoms with Crippen LogP contribution >= 0.6 is 11.8 Å². The topological polar surface area (TPSA) is 66.8 Å². The molecule has 0 aromatic heterocycles. The fourth-order valence-corrected chi connectivity index (χ4v) is 3.21. The highest BCUT2D eigenvalue weighted by Crippen LogP contribution is 2.32. The van der Waals surface area contributed by atoms with Gasteiger partial charge in [-0.05, 0) is 54.6 Å². The predicted octanol–water partition coefficient (Wildman–Crippen LogP) is 3.82. The maximum absolute atomic E-state index is 12.4. The van der Waals surface area contributed by atoms with Crippen molar-refractivity contribution in [3.05, 3.63) is 64.6 Å². The lowest BCUT2D eigenvalue weighted by atomic mass is 10.2. The molecule has 0 atom stereocenters. The van der Waals surface area contributed by atoms with Gasteiger partial charge < -0.3 is 9.84 Å². The summed E-state index contributed by atoms with van der Waals surface area (Å²) >= 11 is 0.892. The van der Waals surface area contributed by atoms with Gasteiger partial charge in [0, 0.05) is 0 Å². The monoisotopic (exact) mass is 355 g/mol. The van der Waals surface area contributed by atoms with Crippen LogP contribution in [0, 0.1) is 6.92 Å². The molecule has 0 unspecified atom stereocenters. The fraction of sp³-hybridized carbons (Fsp3) is 0.158. The molecular formula is C19H17NO4S. The van der Waals surface area contributed by atoms with Gasteiger partial charge in [-0.2, -0.15) is 0 Å². The van der Waals surface area contributed by atoms with Gasteiger partial charge in [-0.1, -0.05) is 29.8 Å². The smallest absolute Gasteiger partial charge is 0.293 e. The Kier molecular flexibility index (Phi) is 5.09. The van der Waals surface area contributed by atoms with E-state index in [0.717, 1.165) is 17.3 Å². The van der Waals surface area contributed by atoms with E-state index in [9.17, 15) is 14.7 Å². The molecule has 0 saturated carbocycles. The van der Waals surface area contributed by atoms with Gasteiger partial charge in [0.1, 0.15) is 18.1 Å². The number of aromatic hydroxyl groups is 1. The number of hydrogen-bond donors (Lipinski definition) is 1. The maximum Gasteiger partial charge on any atom is 0.293 e. The average molecular weight is 355 g/mol. The van der Waals surface area contributed by atoms with Crippen LogP contribution in [0.4, 0.5) is 4.79 Å². The van der Waals surface area contributed by atoms with Crippen LogP contribution in [0.3, 0.4) is 0 Å². The lowest BCUT2D eigenvalue weighted by Gasteiger charge is -2.13. The number of nitrogens with zero attached hydrogens (tertiary/aromatic N) is 1. The molecule has 1 fully saturated rings. The second-order valence-corrected chi connectivity index (χ2v) is 6.58. The first-order chi connectivity index (χ1) is 12.0. The Labute approximate surface area is 149 Å². The van der Waals surface area contributed by atoms with E-state index < -0.39 is 0 Å². The van der Waals surface area contributed by atoms with Gasteiger partial charge in [0.2, 0.25) is 0 Å². The zero-order chi connectivity index (χ0) is 17.8. The Morgan fingerprint density at radius 1 is 1.16 bits per heavy atom. The van der Waals surface area contributed by atoms with Gasteiger partial charge in [0.25, 0.3) is 11.1 Å². The number of carbonyl (C=O) groups excluding carboxylic acids is 2. The molecule has 1 N–H and O–H groups in total.